The van der Waals surface area contributed by atoms with Gasteiger partial charge < -0.3 is 14.4 Å². The number of nitrogens with zero attached hydrogens (tertiary/aromatic N) is 1. The number of fused-ring (bicyclic) bond motifs is 1. The zero-order valence-corrected chi connectivity index (χ0v) is 18.5. The van der Waals surface area contributed by atoms with Crippen molar-refractivity contribution in [1.29, 1.82) is 0 Å². The normalized spacial score (nSPS) is 15.2. The van der Waals surface area contributed by atoms with E-state index >= 15 is 0 Å². The lowest BCUT2D eigenvalue weighted by Gasteiger charge is -2.24. The van der Waals surface area contributed by atoms with Gasteiger partial charge in [0, 0.05) is 36.6 Å². The molecule has 0 bridgehead atoms. The number of hydrogen-bond acceptors (Lipinski definition) is 4. The lowest BCUT2D eigenvalue weighted by atomic mass is 9.89. The van der Waals surface area contributed by atoms with E-state index in [1.807, 2.05) is 35.2 Å². The third-order valence-corrected chi connectivity index (χ3v) is 6.37. The molecule has 0 aliphatic heterocycles. The highest BCUT2D eigenvalue weighted by molar-refractivity contribution is 5.98. The standard InChI is InChI=1S/C26H31NO4/c1-30-23-11-13-25(31-2)21(16-23)17-27(22-9-10-22)26(29)14-12-24(28)20-8-7-18-5-3-4-6-19(18)15-20/h7-8,11,13,15-16,22H,3-6,9-10,12,14,17H2,1-2H3. The molecule has 0 N–H and O–H groups in total. The summed E-state index contributed by atoms with van der Waals surface area (Å²) in [6.45, 7) is 0.469. The van der Waals surface area contributed by atoms with E-state index in [9.17, 15) is 9.59 Å². The number of carbonyl (C=O) groups is 2. The second-order valence-corrected chi connectivity index (χ2v) is 8.54. The fourth-order valence-corrected chi connectivity index (χ4v) is 4.41. The van der Waals surface area contributed by atoms with Crippen molar-refractivity contribution in [3.05, 3.63) is 58.7 Å². The van der Waals surface area contributed by atoms with Gasteiger partial charge in [-0.2, -0.15) is 0 Å². The number of ketones is 1. The molecular formula is C26H31NO4. The molecule has 0 aromatic heterocycles. The Morgan fingerprint density at radius 1 is 0.935 bits per heavy atom. The maximum Gasteiger partial charge on any atom is 0.223 e. The molecule has 31 heavy (non-hydrogen) atoms. The van der Waals surface area contributed by atoms with Crippen LogP contribution >= 0.6 is 0 Å². The summed E-state index contributed by atoms with van der Waals surface area (Å²) in [6, 6.07) is 11.9. The second kappa shape index (κ2) is 9.54. The molecule has 0 radical (unpaired) electrons. The van der Waals surface area contributed by atoms with Crippen molar-refractivity contribution in [3.8, 4) is 11.5 Å². The average molecular weight is 422 g/mol. The number of benzene rings is 2. The van der Waals surface area contributed by atoms with Crippen LogP contribution in [0.25, 0.3) is 0 Å². The van der Waals surface area contributed by atoms with Gasteiger partial charge >= 0.3 is 0 Å². The first-order valence-corrected chi connectivity index (χ1v) is 11.2. The minimum absolute atomic E-state index is 0.0266. The van der Waals surface area contributed by atoms with Crippen molar-refractivity contribution >= 4 is 11.7 Å². The van der Waals surface area contributed by atoms with Crippen LogP contribution in [0.3, 0.4) is 0 Å². The number of amides is 1. The Morgan fingerprint density at radius 2 is 1.71 bits per heavy atom. The Labute approximate surface area is 184 Å². The predicted octanol–water partition coefficient (Wildman–Crippen LogP) is 4.74. The lowest BCUT2D eigenvalue weighted by Crippen LogP contribution is -2.33. The van der Waals surface area contributed by atoms with Crippen LogP contribution < -0.4 is 9.47 Å². The largest absolute Gasteiger partial charge is 0.497 e. The summed E-state index contributed by atoms with van der Waals surface area (Å²) in [7, 11) is 3.26. The third-order valence-electron chi connectivity index (χ3n) is 6.37. The van der Waals surface area contributed by atoms with Gasteiger partial charge in [-0.15, -0.1) is 0 Å². The summed E-state index contributed by atoms with van der Waals surface area (Å²) in [5.41, 5.74) is 4.32. The van der Waals surface area contributed by atoms with Crippen LogP contribution in [-0.2, 0) is 24.2 Å². The van der Waals surface area contributed by atoms with Gasteiger partial charge in [-0.3, -0.25) is 9.59 Å². The van der Waals surface area contributed by atoms with Crippen molar-refractivity contribution in [2.75, 3.05) is 14.2 Å². The quantitative estimate of drug-likeness (QED) is 0.549. The van der Waals surface area contributed by atoms with Crippen molar-refractivity contribution in [3.63, 3.8) is 0 Å². The fourth-order valence-electron chi connectivity index (χ4n) is 4.41. The maximum absolute atomic E-state index is 13.1. The van der Waals surface area contributed by atoms with E-state index in [4.69, 9.17) is 9.47 Å². The molecule has 1 amide bonds. The Hall–Kier alpha value is -2.82. The molecule has 0 spiro atoms. The van der Waals surface area contributed by atoms with Crippen LogP contribution in [0, 0.1) is 0 Å². The molecule has 0 heterocycles. The van der Waals surface area contributed by atoms with Gasteiger partial charge in [0.05, 0.1) is 14.2 Å². The molecule has 0 atom stereocenters. The molecule has 2 aromatic rings. The first-order chi connectivity index (χ1) is 15.1. The van der Waals surface area contributed by atoms with Gasteiger partial charge in [-0.05, 0) is 73.9 Å². The molecule has 5 heteroatoms. The van der Waals surface area contributed by atoms with E-state index in [2.05, 4.69) is 6.07 Å². The van der Waals surface area contributed by atoms with Gasteiger partial charge in [0.25, 0.3) is 0 Å². The number of carbonyl (C=O) groups excluding carboxylic acids is 2. The van der Waals surface area contributed by atoms with E-state index in [0.717, 1.165) is 48.3 Å². The van der Waals surface area contributed by atoms with Gasteiger partial charge in [0.2, 0.25) is 5.91 Å². The van der Waals surface area contributed by atoms with Crippen molar-refractivity contribution in [2.24, 2.45) is 0 Å². The van der Waals surface area contributed by atoms with Crippen LogP contribution in [0.5, 0.6) is 11.5 Å². The van der Waals surface area contributed by atoms with Crippen LogP contribution in [0.4, 0.5) is 0 Å². The molecule has 0 unspecified atom stereocenters. The summed E-state index contributed by atoms with van der Waals surface area (Å²) in [4.78, 5) is 27.7. The Bertz CT molecular complexity index is 964. The van der Waals surface area contributed by atoms with E-state index < -0.39 is 0 Å². The Balaban J connectivity index is 1.41. The summed E-state index contributed by atoms with van der Waals surface area (Å²) in [6.07, 6.45) is 7.07. The zero-order chi connectivity index (χ0) is 21.8. The number of rotatable bonds is 9. The third kappa shape index (κ3) is 5.09. The molecule has 0 saturated heterocycles. The Morgan fingerprint density at radius 3 is 2.42 bits per heavy atom. The topological polar surface area (TPSA) is 55.8 Å². The number of ether oxygens (including phenoxy) is 2. The van der Waals surface area contributed by atoms with Gasteiger partial charge in [0.1, 0.15) is 11.5 Å². The van der Waals surface area contributed by atoms with Gasteiger partial charge in [-0.25, -0.2) is 0 Å². The smallest absolute Gasteiger partial charge is 0.223 e. The van der Waals surface area contributed by atoms with Gasteiger partial charge in [0.15, 0.2) is 5.78 Å². The summed E-state index contributed by atoms with van der Waals surface area (Å²) >= 11 is 0. The van der Waals surface area contributed by atoms with Crippen LogP contribution in [-0.4, -0.2) is 36.9 Å². The molecule has 5 nitrogen and oxygen atoms in total. The fraction of sp³-hybridized carbons (Fsp3) is 0.462. The maximum atomic E-state index is 13.1. The second-order valence-electron chi connectivity index (χ2n) is 8.54. The van der Waals surface area contributed by atoms with E-state index in [1.54, 1.807) is 14.2 Å². The van der Waals surface area contributed by atoms with Crippen LogP contribution in [0.15, 0.2) is 36.4 Å². The highest BCUT2D eigenvalue weighted by Crippen LogP contribution is 2.32. The summed E-state index contributed by atoms with van der Waals surface area (Å²) < 4.78 is 10.8. The molecular weight excluding hydrogens is 390 g/mol. The van der Waals surface area contributed by atoms with Gasteiger partial charge in [-0.1, -0.05) is 12.1 Å². The summed E-state index contributed by atoms with van der Waals surface area (Å²) in [5, 5.41) is 0. The number of Topliss-reactive ketones (excluding diaryl/α,β-unsaturated/α-hetero) is 1. The monoisotopic (exact) mass is 421 g/mol. The molecule has 2 aliphatic carbocycles. The average Bonchev–Trinajstić information content (AvgIpc) is 3.65. The highest BCUT2D eigenvalue weighted by Gasteiger charge is 2.33. The summed E-state index contributed by atoms with van der Waals surface area (Å²) in [5.74, 6) is 1.56. The van der Waals surface area contributed by atoms with Crippen molar-refractivity contribution < 1.29 is 19.1 Å². The predicted molar refractivity (Wildman–Crippen MR) is 120 cm³/mol. The molecule has 4 rings (SSSR count). The molecule has 2 aromatic carbocycles. The first kappa shape index (κ1) is 21.4. The molecule has 164 valence electrons. The van der Waals surface area contributed by atoms with E-state index in [1.165, 1.54) is 24.0 Å². The molecule has 1 fully saturated rings. The highest BCUT2D eigenvalue weighted by atomic mass is 16.5. The van der Waals surface area contributed by atoms with Crippen molar-refractivity contribution in [2.45, 2.75) is 64.0 Å². The number of aryl methyl sites for hydroxylation is 2. The Kier molecular flexibility index (Phi) is 6.59. The number of hydrogen-bond donors (Lipinski definition) is 0. The zero-order valence-electron chi connectivity index (χ0n) is 18.5. The van der Waals surface area contributed by atoms with E-state index in [0.29, 0.717) is 6.54 Å². The molecule has 2 aliphatic rings. The lowest BCUT2D eigenvalue weighted by molar-refractivity contribution is -0.132. The van der Waals surface area contributed by atoms with E-state index in [-0.39, 0.29) is 30.6 Å². The van der Waals surface area contributed by atoms with Crippen LogP contribution in [0.1, 0.15) is 65.6 Å². The minimum Gasteiger partial charge on any atom is -0.497 e. The van der Waals surface area contributed by atoms with Crippen LogP contribution in [0.2, 0.25) is 0 Å². The first-order valence-electron chi connectivity index (χ1n) is 11.2. The molecule has 1 saturated carbocycles. The number of methoxy groups -OCH3 is 2. The van der Waals surface area contributed by atoms with Crippen molar-refractivity contribution in [1.82, 2.24) is 4.90 Å². The SMILES string of the molecule is COc1ccc(OC)c(CN(C(=O)CCC(=O)c2ccc3c(c2)CCCC3)C2CC2)c1. The minimum atomic E-state index is 0.0266.